The minimum absolute atomic E-state index is 0.133. The topological polar surface area (TPSA) is 66.4 Å². The van der Waals surface area contributed by atoms with Crippen molar-refractivity contribution in [2.45, 2.75) is 32.7 Å². The molecule has 0 spiro atoms. The van der Waals surface area contributed by atoms with Crippen molar-refractivity contribution in [1.29, 1.82) is 0 Å². The van der Waals surface area contributed by atoms with Gasteiger partial charge in [-0.3, -0.25) is 0 Å². The lowest BCUT2D eigenvalue weighted by Crippen LogP contribution is -2.32. The van der Waals surface area contributed by atoms with E-state index in [2.05, 4.69) is 9.97 Å². The third kappa shape index (κ3) is 2.93. The summed E-state index contributed by atoms with van der Waals surface area (Å²) >= 11 is 0. The van der Waals surface area contributed by atoms with Gasteiger partial charge in [-0.05, 0) is 26.7 Å². The van der Waals surface area contributed by atoms with Crippen LogP contribution >= 0.6 is 0 Å². The van der Waals surface area contributed by atoms with Crippen molar-refractivity contribution in [3.05, 3.63) is 17.6 Å². The normalized spacial score (nSPS) is 20.3. The number of aromatic nitrogens is 2. The fraction of sp³-hybridized carbons (Fsp3) is 0.692. The third-order valence-electron chi connectivity index (χ3n) is 3.57. The van der Waals surface area contributed by atoms with Crippen LogP contribution in [0.4, 0.5) is 5.82 Å². The minimum Gasteiger partial charge on any atom is -0.363 e. The third-order valence-corrected chi connectivity index (χ3v) is 5.45. The van der Waals surface area contributed by atoms with E-state index in [-0.39, 0.29) is 11.8 Å². The monoisotopic (exact) mass is 298 g/mol. The molecule has 0 aromatic carbocycles. The quantitative estimate of drug-likeness (QED) is 0.839. The standard InChI is InChI=1S/C13H22N4O2S/c1-5-20(18,19)17-8-6-7-12(17)11-9-13(16(3)4)15-10(2)14-11/h9,12H,5-8H2,1-4H3/t12-/m1/s1. The number of anilines is 1. The molecule has 0 amide bonds. The van der Waals surface area contributed by atoms with E-state index in [1.807, 2.05) is 32.0 Å². The average molecular weight is 298 g/mol. The molecule has 1 aliphatic heterocycles. The molecule has 2 rings (SSSR count). The van der Waals surface area contributed by atoms with Crippen molar-refractivity contribution in [3.63, 3.8) is 0 Å². The molecule has 0 radical (unpaired) electrons. The van der Waals surface area contributed by atoms with Gasteiger partial charge < -0.3 is 4.90 Å². The summed E-state index contributed by atoms with van der Waals surface area (Å²) in [5.41, 5.74) is 0.802. The highest BCUT2D eigenvalue weighted by Crippen LogP contribution is 2.34. The van der Waals surface area contributed by atoms with Crippen molar-refractivity contribution in [1.82, 2.24) is 14.3 Å². The van der Waals surface area contributed by atoms with Crippen molar-refractivity contribution in [2.75, 3.05) is 31.3 Å². The van der Waals surface area contributed by atoms with Crippen molar-refractivity contribution < 1.29 is 8.42 Å². The Kier molecular flexibility index (Phi) is 4.29. The first kappa shape index (κ1) is 15.2. The molecule has 20 heavy (non-hydrogen) atoms. The molecule has 112 valence electrons. The highest BCUT2D eigenvalue weighted by molar-refractivity contribution is 7.89. The van der Waals surface area contributed by atoms with E-state index in [4.69, 9.17) is 0 Å². The predicted molar refractivity (Wildman–Crippen MR) is 79.2 cm³/mol. The SMILES string of the molecule is CCS(=O)(=O)N1CCC[C@@H]1c1cc(N(C)C)nc(C)n1. The molecular weight excluding hydrogens is 276 g/mol. The largest absolute Gasteiger partial charge is 0.363 e. The van der Waals surface area contributed by atoms with Crippen molar-refractivity contribution >= 4 is 15.8 Å². The van der Waals surface area contributed by atoms with Gasteiger partial charge in [-0.25, -0.2) is 18.4 Å². The summed E-state index contributed by atoms with van der Waals surface area (Å²) in [7, 11) is 0.653. The first-order valence-corrected chi connectivity index (χ1v) is 8.48. The zero-order valence-electron chi connectivity index (χ0n) is 12.5. The van der Waals surface area contributed by atoms with Gasteiger partial charge in [-0.1, -0.05) is 0 Å². The maximum atomic E-state index is 12.2. The summed E-state index contributed by atoms with van der Waals surface area (Å²) in [5.74, 6) is 1.62. The van der Waals surface area contributed by atoms with Crippen LogP contribution in [-0.2, 0) is 10.0 Å². The second-order valence-electron chi connectivity index (χ2n) is 5.26. The zero-order valence-corrected chi connectivity index (χ0v) is 13.3. The first-order valence-electron chi connectivity index (χ1n) is 6.87. The van der Waals surface area contributed by atoms with Crippen LogP contribution in [0.1, 0.15) is 37.3 Å². The summed E-state index contributed by atoms with van der Waals surface area (Å²) < 4.78 is 25.9. The van der Waals surface area contributed by atoms with Gasteiger partial charge in [0, 0.05) is 26.7 Å². The smallest absolute Gasteiger partial charge is 0.214 e. The van der Waals surface area contributed by atoms with E-state index < -0.39 is 10.0 Å². The predicted octanol–water partition coefficient (Wildman–Crippen LogP) is 1.34. The van der Waals surface area contributed by atoms with Crippen LogP contribution in [0.25, 0.3) is 0 Å². The Morgan fingerprint density at radius 2 is 2.10 bits per heavy atom. The molecule has 6 nitrogen and oxygen atoms in total. The van der Waals surface area contributed by atoms with Crippen molar-refractivity contribution in [2.24, 2.45) is 0 Å². The molecule has 0 aliphatic carbocycles. The molecule has 2 heterocycles. The van der Waals surface area contributed by atoms with E-state index in [0.717, 1.165) is 24.4 Å². The number of nitrogens with zero attached hydrogens (tertiary/aromatic N) is 4. The van der Waals surface area contributed by atoms with Gasteiger partial charge in [0.2, 0.25) is 10.0 Å². The molecule has 0 unspecified atom stereocenters. The number of aryl methyl sites for hydroxylation is 1. The van der Waals surface area contributed by atoms with Gasteiger partial charge in [-0.2, -0.15) is 4.31 Å². The highest BCUT2D eigenvalue weighted by atomic mass is 32.2. The average Bonchev–Trinajstić information content (AvgIpc) is 2.88. The summed E-state index contributed by atoms with van der Waals surface area (Å²) in [6.07, 6.45) is 1.70. The Bertz CT molecular complexity index is 586. The second kappa shape index (κ2) is 5.65. The van der Waals surface area contributed by atoms with Crippen LogP contribution in [-0.4, -0.2) is 49.1 Å². The zero-order chi connectivity index (χ0) is 14.9. The Hall–Kier alpha value is -1.21. The molecule has 1 saturated heterocycles. The fourth-order valence-electron chi connectivity index (χ4n) is 2.51. The summed E-state index contributed by atoms with van der Waals surface area (Å²) in [5, 5.41) is 0. The Morgan fingerprint density at radius 3 is 2.70 bits per heavy atom. The van der Waals surface area contributed by atoms with Crippen LogP contribution in [0.15, 0.2) is 6.07 Å². The van der Waals surface area contributed by atoms with Crippen LogP contribution < -0.4 is 4.90 Å². The fourth-order valence-corrected chi connectivity index (χ4v) is 3.85. The molecule has 0 N–H and O–H groups in total. The number of hydrogen-bond donors (Lipinski definition) is 0. The van der Waals surface area contributed by atoms with Gasteiger partial charge >= 0.3 is 0 Å². The van der Waals surface area contributed by atoms with E-state index >= 15 is 0 Å². The molecule has 1 aromatic rings. The van der Waals surface area contributed by atoms with Crippen LogP contribution in [0.3, 0.4) is 0 Å². The lowest BCUT2D eigenvalue weighted by atomic mass is 10.1. The number of rotatable bonds is 4. The minimum atomic E-state index is -3.18. The molecule has 0 saturated carbocycles. The molecule has 1 fully saturated rings. The van der Waals surface area contributed by atoms with E-state index in [0.29, 0.717) is 12.4 Å². The Balaban J connectivity index is 2.40. The molecule has 7 heteroatoms. The maximum Gasteiger partial charge on any atom is 0.214 e. The van der Waals surface area contributed by atoms with Gasteiger partial charge in [-0.15, -0.1) is 0 Å². The Labute approximate surface area is 120 Å². The van der Waals surface area contributed by atoms with Crippen molar-refractivity contribution in [3.8, 4) is 0 Å². The van der Waals surface area contributed by atoms with Gasteiger partial charge in [0.1, 0.15) is 11.6 Å². The Morgan fingerprint density at radius 1 is 1.40 bits per heavy atom. The van der Waals surface area contributed by atoms with Crippen LogP contribution in [0, 0.1) is 6.92 Å². The van der Waals surface area contributed by atoms with Gasteiger partial charge in [0.05, 0.1) is 17.5 Å². The first-order chi connectivity index (χ1) is 9.35. The molecular formula is C13H22N4O2S. The number of hydrogen-bond acceptors (Lipinski definition) is 5. The van der Waals surface area contributed by atoms with E-state index in [9.17, 15) is 8.42 Å². The lowest BCUT2D eigenvalue weighted by Gasteiger charge is -2.24. The number of sulfonamides is 1. The maximum absolute atomic E-state index is 12.2. The lowest BCUT2D eigenvalue weighted by molar-refractivity contribution is 0.390. The summed E-state index contributed by atoms with van der Waals surface area (Å²) in [4.78, 5) is 10.7. The molecule has 1 atom stereocenters. The second-order valence-corrected chi connectivity index (χ2v) is 7.47. The van der Waals surface area contributed by atoms with Gasteiger partial charge in [0.15, 0.2) is 0 Å². The molecule has 1 aliphatic rings. The van der Waals surface area contributed by atoms with E-state index in [1.165, 1.54) is 0 Å². The van der Waals surface area contributed by atoms with E-state index in [1.54, 1.807) is 11.2 Å². The van der Waals surface area contributed by atoms with Crippen LogP contribution in [0.5, 0.6) is 0 Å². The van der Waals surface area contributed by atoms with Crippen LogP contribution in [0.2, 0.25) is 0 Å². The molecule has 1 aromatic heterocycles. The summed E-state index contributed by atoms with van der Waals surface area (Å²) in [6.45, 7) is 4.10. The summed E-state index contributed by atoms with van der Waals surface area (Å²) in [6, 6.07) is 1.74. The highest BCUT2D eigenvalue weighted by Gasteiger charge is 2.35. The molecule has 0 bridgehead atoms. The van der Waals surface area contributed by atoms with Gasteiger partial charge in [0.25, 0.3) is 0 Å².